The van der Waals surface area contributed by atoms with Crippen molar-refractivity contribution in [2.45, 2.75) is 20.4 Å². The monoisotopic (exact) mass is 376 g/mol. The van der Waals surface area contributed by atoms with Gasteiger partial charge in [-0.05, 0) is 37.6 Å². The molecule has 1 aromatic heterocycles. The molecule has 0 atom stereocenters. The van der Waals surface area contributed by atoms with Crippen LogP contribution < -0.4 is 9.47 Å². The maximum absolute atomic E-state index is 12.7. The van der Waals surface area contributed by atoms with E-state index in [1.54, 1.807) is 0 Å². The Bertz CT molecular complexity index is 840. The Balaban J connectivity index is 1.37. The number of amides is 1. The largest absolute Gasteiger partial charge is 0.466 e. The van der Waals surface area contributed by atoms with E-state index in [1.165, 1.54) is 0 Å². The molecule has 0 aliphatic carbocycles. The van der Waals surface area contributed by atoms with Gasteiger partial charge in [-0.25, -0.2) is 0 Å². The highest BCUT2D eigenvalue weighted by Gasteiger charge is 2.25. The zero-order chi connectivity index (χ0) is 18.3. The van der Waals surface area contributed by atoms with E-state index in [4.69, 9.17) is 25.5 Å². The first-order valence-electron chi connectivity index (χ1n) is 8.68. The second-order valence-electron chi connectivity index (χ2n) is 6.71. The van der Waals surface area contributed by atoms with Crippen molar-refractivity contribution >= 4 is 17.5 Å². The van der Waals surface area contributed by atoms with Crippen molar-refractivity contribution < 1.29 is 18.7 Å². The number of carbonyl (C=O) groups is 1. The molecule has 1 fully saturated rings. The average molecular weight is 377 g/mol. The normalized spacial score (nSPS) is 17.0. The molecule has 0 radical (unpaired) electrons. The highest BCUT2D eigenvalue weighted by Crippen LogP contribution is 2.40. The molecule has 26 heavy (non-hydrogen) atoms. The van der Waals surface area contributed by atoms with Gasteiger partial charge < -0.3 is 18.8 Å². The van der Waals surface area contributed by atoms with Crippen molar-refractivity contribution in [1.29, 1.82) is 0 Å². The minimum absolute atomic E-state index is 0.0464. The van der Waals surface area contributed by atoms with Crippen LogP contribution in [0.15, 0.2) is 22.6 Å². The van der Waals surface area contributed by atoms with E-state index < -0.39 is 0 Å². The topological polar surface area (TPSA) is 55.2 Å². The Hall–Kier alpha value is -2.18. The van der Waals surface area contributed by atoms with Crippen LogP contribution in [0.1, 0.15) is 27.4 Å². The van der Waals surface area contributed by atoms with E-state index in [-0.39, 0.29) is 12.7 Å². The number of carbonyl (C=O) groups excluding carboxylic acids is 1. The maximum atomic E-state index is 12.7. The first kappa shape index (κ1) is 17.2. The standard InChI is InChI=1S/C19H21ClN2O4/c1-12-7-15(13(2)26-12)19(23)22-5-3-21(4-6-22)10-14-8-16(20)18-17(9-14)24-11-25-18/h7-9H,3-6,10-11H2,1-2H3. The number of rotatable bonds is 3. The summed E-state index contributed by atoms with van der Waals surface area (Å²) in [7, 11) is 0. The van der Waals surface area contributed by atoms with E-state index in [0.29, 0.717) is 40.9 Å². The molecule has 2 aliphatic rings. The van der Waals surface area contributed by atoms with Gasteiger partial charge in [0.2, 0.25) is 6.79 Å². The van der Waals surface area contributed by atoms with Gasteiger partial charge in [0.15, 0.2) is 11.5 Å². The summed E-state index contributed by atoms with van der Waals surface area (Å²) in [6, 6.07) is 5.71. The van der Waals surface area contributed by atoms with E-state index >= 15 is 0 Å². The summed E-state index contributed by atoms with van der Waals surface area (Å²) in [6.45, 7) is 7.69. The molecule has 0 spiro atoms. The predicted octanol–water partition coefficient (Wildman–Crippen LogP) is 3.24. The fourth-order valence-corrected chi connectivity index (χ4v) is 3.78. The summed E-state index contributed by atoms with van der Waals surface area (Å²) in [5, 5.41) is 0.578. The highest BCUT2D eigenvalue weighted by molar-refractivity contribution is 6.32. The van der Waals surface area contributed by atoms with Crippen LogP contribution in [0.4, 0.5) is 0 Å². The van der Waals surface area contributed by atoms with E-state index in [2.05, 4.69) is 4.90 Å². The zero-order valence-corrected chi connectivity index (χ0v) is 15.6. The minimum Gasteiger partial charge on any atom is -0.466 e. The summed E-state index contributed by atoms with van der Waals surface area (Å²) in [4.78, 5) is 16.9. The van der Waals surface area contributed by atoms with Gasteiger partial charge in [0.1, 0.15) is 11.5 Å². The molecule has 7 heteroatoms. The number of fused-ring (bicyclic) bond motifs is 1. The summed E-state index contributed by atoms with van der Waals surface area (Å²) in [5.74, 6) is 2.82. The molecular formula is C19H21ClN2O4. The number of ether oxygens (including phenoxy) is 2. The number of hydrogen-bond donors (Lipinski definition) is 0. The number of aryl methyl sites for hydroxylation is 2. The van der Waals surface area contributed by atoms with Crippen LogP contribution in [0, 0.1) is 13.8 Å². The smallest absolute Gasteiger partial charge is 0.257 e. The van der Waals surface area contributed by atoms with Gasteiger partial charge in [-0.3, -0.25) is 9.69 Å². The van der Waals surface area contributed by atoms with Gasteiger partial charge in [-0.15, -0.1) is 0 Å². The van der Waals surface area contributed by atoms with Crippen LogP contribution in [0.25, 0.3) is 0 Å². The quantitative estimate of drug-likeness (QED) is 0.823. The lowest BCUT2D eigenvalue weighted by Crippen LogP contribution is -2.48. The number of benzene rings is 1. The second-order valence-corrected chi connectivity index (χ2v) is 7.11. The van der Waals surface area contributed by atoms with Crippen molar-refractivity contribution in [3.05, 3.63) is 45.9 Å². The van der Waals surface area contributed by atoms with Crippen LogP contribution in [0.2, 0.25) is 5.02 Å². The molecule has 2 aromatic rings. The lowest BCUT2D eigenvalue weighted by Gasteiger charge is -2.34. The van der Waals surface area contributed by atoms with E-state index in [1.807, 2.05) is 36.9 Å². The third kappa shape index (κ3) is 3.27. The van der Waals surface area contributed by atoms with Gasteiger partial charge in [-0.2, -0.15) is 0 Å². The average Bonchev–Trinajstić information content (AvgIpc) is 3.21. The lowest BCUT2D eigenvalue weighted by molar-refractivity contribution is 0.0627. The van der Waals surface area contributed by atoms with E-state index in [9.17, 15) is 4.79 Å². The SMILES string of the molecule is Cc1cc(C(=O)N2CCN(Cc3cc(Cl)c4c(c3)OCO4)CC2)c(C)o1. The summed E-state index contributed by atoms with van der Waals surface area (Å²) in [6.07, 6.45) is 0. The van der Waals surface area contributed by atoms with Crippen LogP contribution >= 0.6 is 11.6 Å². The van der Waals surface area contributed by atoms with Crippen LogP contribution in [-0.2, 0) is 6.54 Å². The molecule has 0 N–H and O–H groups in total. The van der Waals surface area contributed by atoms with Gasteiger partial charge in [-0.1, -0.05) is 11.6 Å². The molecule has 1 amide bonds. The van der Waals surface area contributed by atoms with Crippen molar-refractivity contribution in [2.24, 2.45) is 0 Å². The van der Waals surface area contributed by atoms with Gasteiger partial charge in [0.25, 0.3) is 5.91 Å². The molecule has 3 heterocycles. The molecule has 1 aromatic carbocycles. The molecule has 0 bridgehead atoms. The zero-order valence-electron chi connectivity index (χ0n) is 14.9. The molecule has 0 saturated carbocycles. The van der Waals surface area contributed by atoms with Crippen molar-refractivity contribution in [2.75, 3.05) is 33.0 Å². The Morgan fingerprint density at radius 1 is 1.12 bits per heavy atom. The molecule has 2 aliphatic heterocycles. The van der Waals surface area contributed by atoms with Crippen molar-refractivity contribution in [1.82, 2.24) is 9.80 Å². The summed E-state index contributed by atoms with van der Waals surface area (Å²) in [5.41, 5.74) is 1.75. The van der Waals surface area contributed by atoms with Crippen LogP contribution in [0.3, 0.4) is 0 Å². The Labute approximate surface area is 157 Å². The number of hydrogen-bond acceptors (Lipinski definition) is 5. The first-order chi connectivity index (χ1) is 12.5. The fraction of sp³-hybridized carbons (Fsp3) is 0.421. The van der Waals surface area contributed by atoms with E-state index in [0.717, 1.165) is 31.0 Å². The number of nitrogens with zero attached hydrogens (tertiary/aromatic N) is 2. The highest BCUT2D eigenvalue weighted by atomic mass is 35.5. The molecular weight excluding hydrogens is 356 g/mol. The number of halogens is 1. The predicted molar refractivity (Wildman–Crippen MR) is 96.9 cm³/mol. The lowest BCUT2D eigenvalue weighted by atomic mass is 10.1. The fourth-order valence-electron chi connectivity index (χ4n) is 3.49. The summed E-state index contributed by atoms with van der Waals surface area (Å²) >= 11 is 6.26. The van der Waals surface area contributed by atoms with Crippen molar-refractivity contribution in [3.63, 3.8) is 0 Å². The Morgan fingerprint density at radius 2 is 1.88 bits per heavy atom. The number of piperazine rings is 1. The second kappa shape index (κ2) is 6.85. The van der Waals surface area contributed by atoms with Crippen LogP contribution in [-0.4, -0.2) is 48.7 Å². The molecule has 4 rings (SSSR count). The van der Waals surface area contributed by atoms with Gasteiger partial charge in [0, 0.05) is 32.7 Å². The molecule has 1 saturated heterocycles. The summed E-state index contributed by atoms with van der Waals surface area (Å²) < 4.78 is 16.3. The first-order valence-corrected chi connectivity index (χ1v) is 9.06. The third-order valence-corrected chi connectivity index (χ3v) is 5.10. The Morgan fingerprint density at radius 3 is 2.58 bits per heavy atom. The molecule has 0 unspecified atom stereocenters. The minimum atomic E-state index is 0.0464. The maximum Gasteiger partial charge on any atom is 0.257 e. The number of furan rings is 1. The van der Waals surface area contributed by atoms with Gasteiger partial charge >= 0.3 is 0 Å². The van der Waals surface area contributed by atoms with Crippen LogP contribution in [0.5, 0.6) is 11.5 Å². The Kier molecular flexibility index (Phi) is 4.54. The molecule has 138 valence electrons. The van der Waals surface area contributed by atoms with Crippen molar-refractivity contribution in [3.8, 4) is 11.5 Å². The van der Waals surface area contributed by atoms with Gasteiger partial charge in [0.05, 0.1) is 10.6 Å². The molecule has 6 nitrogen and oxygen atoms in total. The third-order valence-electron chi connectivity index (χ3n) is 4.82.